The molecule has 1 N–H and O–H groups in total. The molecule has 5 aromatic carbocycles. The molecule has 2 amide bonds. The number of likely N-dealkylation sites (N-methyl/N-ethyl adjacent to an activating group) is 1. The van der Waals surface area contributed by atoms with Crippen molar-refractivity contribution in [2.45, 2.75) is 51.5 Å². The molecule has 2 aliphatic rings. The van der Waals surface area contributed by atoms with Crippen LogP contribution in [0, 0.1) is 5.92 Å². The van der Waals surface area contributed by atoms with Crippen molar-refractivity contribution < 1.29 is 24.2 Å². The van der Waals surface area contributed by atoms with Gasteiger partial charge in [-0.25, -0.2) is 0 Å². The van der Waals surface area contributed by atoms with Crippen LogP contribution in [-0.2, 0) is 22.6 Å². The molecule has 1 fully saturated rings. The Balaban J connectivity index is 1.10. The molecule has 7 rings (SSSR count). The number of rotatable bonds is 10. The Bertz CT molecular complexity index is 1930. The molecule has 50 heavy (non-hydrogen) atoms. The van der Waals surface area contributed by atoms with E-state index in [0.29, 0.717) is 11.1 Å². The number of aliphatic hydroxyl groups excluding tert-OH is 1. The first kappa shape index (κ1) is 33.6. The van der Waals surface area contributed by atoms with Gasteiger partial charge in [0.15, 0.2) is 6.29 Å². The first-order valence-electron chi connectivity index (χ1n) is 17.2. The Morgan fingerprint density at radius 3 is 2.02 bits per heavy atom. The maximum absolute atomic E-state index is 13.0. The lowest BCUT2D eigenvalue weighted by Gasteiger charge is -2.43. The minimum absolute atomic E-state index is 0.00406. The highest BCUT2D eigenvalue weighted by atomic mass is 16.7. The summed E-state index contributed by atoms with van der Waals surface area (Å²) in [7, 11) is 2.14. The third-order valence-electron chi connectivity index (χ3n) is 10.2. The molecule has 5 unspecified atom stereocenters. The van der Waals surface area contributed by atoms with Crippen molar-refractivity contribution in [2.24, 2.45) is 5.92 Å². The first-order chi connectivity index (χ1) is 24.3. The van der Waals surface area contributed by atoms with Crippen molar-refractivity contribution >= 4 is 11.8 Å². The lowest BCUT2D eigenvalue weighted by atomic mass is 9.89. The summed E-state index contributed by atoms with van der Waals surface area (Å²) in [6.07, 6.45) is -0.885. The molecule has 7 heteroatoms. The van der Waals surface area contributed by atoms with E-state index in [9.17, 15) is 14.7 Å². The number of fused-ring (bicyclic) bond motifs is 1. The Hall–Kier alpha value is -4.92. The van der Waals surface area contributed by atoms with Crippen LogP contribution in [0.3, 0.4) is 0 Å². The fraction of sp³-hybridized carbons (Fsp3) is 0.256. The summed E-state index contributed by atoms with van der Waals surface area (Å²) in [5.74, 6) is -0.450. The van der Waals surface area contributed by atoms with Gasteiger partial charge in [-0.2, -0.15) is 0 Å². The second kappa shape index (κ2) is 14.5. The fourth-order valence-corrected chi connectivity index (χ4v) is 7.00. The van der Waals surface area contributed by atoms with Gasteiger partial charge in [-0.15, -0.1) is 0 Å². The maximum Gasteiger partial charge on any atom is 0.261 e. The number of carbonyl (C=O) groups is 2. The number of amides is 2. The highest BCUT2D eigenvalue weighted by molar-refractivity contribution is 6.21. The molecule has 0 aliphatic carbocycles. The number of ether oxygens (including phenoxy) is 2. The zero-order chi connectivity index (χ0) is 34.8. The summed E-state index contributed by atoms with van der Waals surface area (Å²) >= 11 is 0. The van der Waals surface area contributed by atoms with Gasteiger partial charge >= 0.3 is 0 Å². The van der Waals surface area contributed by atoms with Gasteiger partial charge in [-0.05, 0) is 65.6 Å². The molecule has 2 aliphatic heterocycles. The Labute approximate surface area is 293 Å². The van der Waals surface area contributed by atoms with E-state index in [-0.39, 0.29) is 49.1 Å². The number of hydrogen-bond acceptors (Lipinski definition) is 6. The summed E-state index contributed by atoms with van der Waals surface area (Å²) in [6.45, 7) is 5.33. The second-order valence-electron chi connectivity index (χ2n) is 13.4. The van der Waals surface area contributed by atoms with Crippen LogP contribution in [0.2, 0.25) is 0 Å². The quantitative estimate of drug-likeness (QED) is 0.152. The van der Waals surface area contributed by atoms with Crippen LogP contribution >= 0.6 is 0 Å². The zero-order valence-electron chi connectivity index (χ0n) is 28.6. The van der Waals surface area contributed by atoms with E-state index < -0.39 is 6.29 Å². The lowest BCUT2D eigenvalue weighted by molar-refractivity contribution is -0.276. The highest BCUT2D eigenvalue weighted by Gasteiger charge is 2.39. The SMILES string of the molecule is CC1C(CN(C)C(C)c2ccccc2)OC(c2ccc(-c3cccc(CN4C(=O)c5ccccc5C4=O)c3)cc2)OC1c1ccc(CO)cc1. The van der Waals surface area contributed by atoms with Crippen LogP contribution in [0.1, 0.15) is 80.8 Å². The van der Waals surface area contributed by atoms with E-state index in [1.807, 2.05) is 66.7 Å². The molecule has 0 bridgehead atoms. The van der Waals surface area contributed by atoms with Gasteiger partial charge < -0.3 is 14.6 Å². The molecule has 7 nitrogen and oxygen atoms in total. The van der Waals surface area contributed by atoms with Crippen LogP contribution in [0.15, 0.2) is 127 Å². The van der Waals surface area contributed by atoms with Crippen LogP contribution in [0.25, 0.3) is 11.1 Å². The third kappa shape index (κ3) is 6.78. The van der Waals surface area contributed by atoms with E-state index in [1.54, 1.807) is 24.3 Å². The lowest BCUT2D eigenvalue weighted by Crippen LogP contribution is -2.44. The van der Waals surface area contributed by atoms with E-state index >= 15 is 0 Å². The van der Waals surface area contributed by atoms with Crippen molar-refractivity contribution in [2.75, 3.05) is 13.6 Å². The van der Waals surface area contributed by atoms with Crippen molar-refractivity contribution in [3.8, 4) is 11.1 Å². The number of nitrogens with zero attached hydrogens (tertiary/aromatic N) is 2. The number of aliphatic hydroxyl groups is 1. The van der Waals surface area contributed by atoms with Crippen LogP contribution in [0.5, 0.6) is 0 Å². The highest BCUT2D eigenvalue weighted by Crippen LogP contribution is 2.42. The number of hydrogen-bond donors (Lipinski definition) is 1. The van der Waals surface area contributed by atoms with Gasteiger partial charge in [-0.3, -0.25) is 19.4 Å². The van der Waals surface area contributed by atoms with Gasteiger partial charge in [0.1, 0.15) is 0 Å². The van der Waals surface area contributed by atoms with Crippen LogP contribution < -0.4 is 0 Å². The van der Waals surface area contributed by atoms with Crippen molar-refractivity contribution in [1.29, 1.82) is 0 Å². The minimum atomic E-state index is -0.576. The molecule has 0 spiro atoms. The third-order valence-corrected chi connectivity index (χ3v) is 10.2. The van der Waals surface area contributed by atoms with E-state index in [2.05, 4.69) is 62.2 Å². The standard InChI is InChI=1S/C43H42N2O5/c1-28-39(26-44(3)29(2)32-11-5-4-6-12-32)49-43(50-40(28)34-18-16-30(27-46)17-19-34)35-22-20-33(21-23-35)36-13-9-10-31(24-36)25-45-41(47)37-14-7-8-15-38(37)42(45)48/h4-24,28-29,39-40,43,46H,25-27H2,1-3H3. The van der Waals surface area contributed by atoms with Gasteiger partial charge in [0, 0.05) is 24.1 Å². The summed E-state index contributed by atoms with van der Waals surface area (Å²) < 4.78 is 13.5. The molecule has 1 saturated heterocycles. The summed E-state index contributed by atoms with van der Waals surface area (Å²) in [5.41, 5.74) is 7.87. The van der Waals surface area contributed by atoms with Crippen LogP contribution in [-0.4, -0.2) is 46.4 Å². The van der Waals surface area contributed by atoms with Gasteiger partial charge in [0.25, 0.3) is 11.8 Å². The predicted molar refractivity (Wildman–Crippen MR) is 193 cm³/mol. The van der Waals surface area contributed by atoms with Gasteiger partial charge in [-0.1, -0.05) is 116 Å². The number of imide groups is 1. The molecular formula is C43H42N2O5. The fourth-order valence-electron chi connectivity index (χ4n) is 7.00. The summed E-state index contributed by atoms with van der Waals surface area (Å²) in [6, 6.07) is 41.8. The monoisotopic (exact) mass is 666 g/mol. The van der Waals surface area contributed by atoms with Crippen molar-refractivity contribution in [3.05, 3.63) is 166 Å². The normalized spacial score (nSPS) is 21.0. The Kier molecular flexibility index (Phi) is 9.74. The van der Waals surface area contributed by atoms with Crippen molar-refractivity contribution in [1.82, 2.24) is 9.80 Å². The largest absolute Gasteiger partial charge is 0.392 e. The van der Waals surface area contributed by atoms with E-state index in [4.69, 9.17) is 9.47 Å². The van der Waals surface area contributed by atoms with E-state index in [1.165, 1.54) is 10.5 Å². The zero-order valence-corrected chi connectivity index (χ0v) is 28.6. The van der Waals surface area contributed by atoms with Crippen LogP contribution in [0.4, 0.5) is 0 Å². The van der Waals surface area contributed by atoms with E-state index in [0.717, 1.165) is 39.9 Å². The maximum atomic E-state index is 13.0. The molecule has 0 aromatic heterocycles. The Morgan fingerprint density at radius 1 is 0.720 bits per heavy atom. The minimum Gasteiger partial charge on any atom is -0.392 e. The van der Waals surface area contributed by atoms with Gasteiger partial charge in [0.2, 0.25) is 0 Å². The predicted octanol–water partition coefficient (Wildman–Crippen LogP) is 8.13. The average molecular weight is 667 g/mol. The molecule has 5 aromatic rings. The topological polar surface area (TPSA) is 79.3 Å². The van der Waals surface area contributed by atoms with Crippen molar-refractivity contribution in [3.63, 3.8) is 0 Å². The Morgan fingerprint density at radius 2 is 1.36 bits per heavy atom. The number of carbonyl (C=O) groups excluding carboxylic acids is 2. The molecule has 0 saturated carbocycles. The molecular weight excluding hydrogens is 624 g/mol. The molecule has 254 valence electrons. The molecule has 2 heterocycles. The molecule has 0 radical (unpaired) electrons. The second-order valence-corrected chi connectivity index (χ2v) is 13.4. The number of benzene rings is 5. The first-order valence-corrected chi connectivity index (χ1v) is 17.2. The molecule has 5 atom stereocenters. The smallest absolute Gasteiger partial charge is 0.261 e. The summed E-state index contributed by atoms with van der Waals surface area (Å²) in [4.78, 5) is 29.6. The average Bonchev–Trinajstić information content (AvgIpc) is 3.40. The van der Waals surface area contributed by atoms with Gasteiger partial charge in [0.05, 0.1) is 36.5 Å². The summed E-state index contributed by atoms with van der Waals surface area (Å²) in [5, 5.41) is 9.62.